The summed E-state index contributed by atoms with van der Waals surface area (Å²) in [6.07, 6.45) is 0. The first kappa shape index (κ1) is 12.2. The van der Waals surface area contributed by atoms with Crippen molar-refractivity contribution in [3.63, 3.8) is 0 Å². The molecule has 0 fully saturated rings. The number of hydrogen-bond donors (Lipinski definition) is 2. The van der Waals surface area contributed by atoms with E-state index in [0.717, 1.165) is 0 Å². The second kappa shape index (κ2) is 3.91. The van der Waals surface area contributed by atoms with Gasteiger partial charge in [0.2, 0.25) is 11.6 Å². The molecule has 1 aliphatic rings. The molecule has 0 aliphatic heterocycles. The Labute approximate surface area is 111 Å². The molecule has 0 amide bonds. The molecule has 0 heterocycles. The van der Waals surface area contributed by atoms with Crippen LogP contribution in [0, 0.1) is 0 Å². The topological polar surface area (TPSA) is 80.4 Å². The zero-order valence-electron chi connectivity index (χ0n) is 8.05. The number of halogens is 3. The van der Waals surface area contributed by atoms with Crippen molar-refractivity contribution in [3.8, 4) is 0 Å². The van der Waals surface area contributed by atoms with Gasteiger partial charge in [0, 0.05) is 0 Å². The number of carbonyl (C=O) groups is 2. The summed E-state index contributed by atoms with van der Waals surface area (Å²) in [5.74, 6) is -2.54. The van der Waals surface area contributed by atoms with Gasteiger partial charge >= 0.3 is 0 Å². The SMILES string of the molecule is Nc1c(Cl)cc(Cl)c2c1C(O)=C(Cl)C(=O)C2=O. The first-order chi connectivity index (χ1) is 7.86. The standard InChI is InChI=1S/C10H4Cl3NO3/c11-2-1-3(12)7(14)5-4(2)9(16)10(17)6(13)8(5)15/h1,15H,14H2. The lowest BCUT2D eigenvalue weighted by Gasteiger charge is -2.18. The smallest absolute Gasteiger partial charge is 0.248 e. The molecule has 88 valence electrons. The number of allylic oxidation sites excluding steroid dienone is 1. The van der Waals surface area contributed by atoms with Crippen LogP contribution >= 0.6 is 34.8 Å². The van der Waals surface area contributed by atoms with Crippen molar-refractivity contribution in [1.82, 2.24) is 0 Å². The number of fused-ring (bicyclic) bond motifs is 1. The number of hydrogen-bond acceptors (Lipinski definition) is 4. The number of anilines is 1. The molecular weight excluding hydrogens is 288 g/mol. The molecule has 1 aliphatic carbocycles. The number of Topliss-reactive ketones (excluding diaryl/α,β-unsaturated/α-hetero) is 2. The molecule has 0 saturated heterocycles. The van der Waals surface area contributed by atoms with Gasteiger partial charge in [-0.15, -0.1) is 0 Å². The molecule has 0 bridgehead atoms. The van der Waals surface area contributed by atoms with E-state index in [4.69, 9.17) is 40.5 Å². The molecule has 0 unspecified atom stereocenters. The summed E-state index contributed by atoms with van der Waals surface area (Å²) >= 11 is 17.1. The highest BCUT2D eigenvalue weighted by Gasteiger charge is 2.36. The second-order valence-corrected chi connectivity index (χ2v) is 4.52. The predicted molar refractivity (Wildman–Crippen MR) is 65.6 cm³/mol. The summed E-state index contributed by atoms with van der Waals surface area (Å²) in [6, 6.07) is 1.23. The van der Waals surface area contributed by atoms with Crippen molar-refractivity contribution in [2.24, 2.45) is 0 Å². The lowest BCUT2D eigenvalue weighted by Crippen LogP contribution is -2.23. The third kappa shape index (κ3) is 1.60. The summed E-state index contributed by atoms with van der Waals surface area (Å²) in [7, 11) is 0. The van der Waals surface area contributed by atoms with Crippen molar-refractivity contribution >= 4 is 57.8 Å². The maximum atomic E-state index is 11.7. The van der Waals surface area contributed by atoms with Gasteiger partial charge in [0.05, 0.1) is 26.9 Å². The Bertz CT molecular complexity index is 607. The van der Waals surface area contributed by atoms with Crippen LogP contribution in [-0.4, -0.2) is 16.7 Å². The van der Waals surface area contributed by atoms with Crippen LogP contribution in [0.5, 0.6) is 0 Å². The first-order valence-electron chi connectivity index (χ1n) is 4.31. The quantitative estimate of drug-likeness (QED) is 0.569. The molecule has 0 atom stereocenters. The molecule has 0 radical (unpaired) electrons. The summed E-state index contributed by atoms with van der Waals surface area (Å²) in [6.45, 7) is 0. The lowest BCUT2D eigenvalue weighted by molar-refractivity contribution is -0.111. The van der Waals surface area contributed by atoms with Gasteiger partial charge in [0.15, 0.2) is 0 Å². The molecule has 7 heteroatoms. The van der Waals surface area contributed by atoms with Crippen molar-refractivity contribution in [2.75, 3.05) is 5.73 Å². The number of benzene rings is 1. The van der Waals surface area contributed by atoms with Gasteiger partial charge in [0.25, 0.3) is 0 Å². The maximum absolute atomic E-state index is 11.7. The number of carbonyl (C=O) groups excluding carboxylic acids is 2. The molecule has 4 nitrogen and oxygen atoms in total. The van der Waals surface area contributed by atoms with Crippen LogP contribution in [0.1, 0.15) is 15.9 Å². The Kier molecular flexibility index (Phi) is 2.81. The molecule has 0 saturated carbocycles. The summed E-state index contributed by atoms with van der Waals surface area (Å²) in [5.41, 5.74) is 5.29. The van der Waals surface area contributed by atoms with Crippen LogP contribution in [0.15, 0.2) is 11.1 Å². The fourth-order valence-electron chi connectivity index (χ4n) is 1.53. The number of rotatable bonds is 0. The highest BCUT2D eigenvalue weighted by Crippen LogP contribution is 2.40. The van der Waals surface area contributed by atoms with Gasteiger partial charge in [-0.1, -0.05) is 34.8 Å². The normalized spacial score (nSPS) is 15.2. The van der Waals surface area contributed by atoms with Crippen molar-refractivity contribution in [1.29, 1.82) is 0 Å². The zero-order chi connectivity index (χ0) is 12.9. The van der Waals surface area contributed by atoms with Crippen LogP contribution in [0.25, 0.3) is 5.76 Å². The molecule has 1 aromatic carbocycles. The Morgan fingerprint density at radius 2 is 1.59 bits per heavy atom. The van der Waals surface area contributed by atoms with Gasteiger partial charge in [-0.25, -0.2) is 0 Å². The predicted octanol–water partition coefficient (Wildman–Crippen LogP) is 2.81. The minimum absolute atomic E-state index is 0.0532. The van der Waals surface area contributed by atoms with Crippen LogP contribution in [0.3, 0.4) is 0 Å². The van der Waals surface area contributed by atoms with Gasteiger partial charge < -0.3 is 10.8 Å². The molecule has 0 spiro atoms. The average molecular weight is 293 g/mol. The Morgan fingerprint density at radius 3 is 2.18 bits per heavy atom. The monoisotopic (exact) mass is 291 g/mol. The molecule has 2 rings (SSSR count). The fourth-order valence-corrected chi connectivity index (χ4v) is 2.26. The number of nitrogen functional groups attached to an aromatic ring is 1. The lowest BCUT2D eigenvalue weighted by atomic mass is 9.92. The average Bonchev–Trinajstić information content (AvgIpc) is 2.28. The molecular formula is C10H4Cl3NO3. The van der Waals surface area contributed by atoms with E-state index in [1.54, 1.807) is 0 Å². The van der Waals surface area contributed by atoms with E-state index in [1.165, 1.54) is 6.07 Å². The van der Waals surface area contributed by atoms with Crippen LogP contribution < -0.4 is 5.73 Å². The molecule has 17 heavy (non-hydrogen) atoms. The largest absolute Gasteiger partial charge is 0.505 e. The Morgan fingerprint density at radius 1 is 1.00 bits per heavy atom. The number of ketones is 2. The number of aliphatic hydroxyl groups excluding tert-OH is 1. The van der Waals surface area contributed by atoms with E-state index in [2.05, 4.69) is 0 Å². The zero-order valence-corrected chi connectivity index (χ0v) is 10.3. The van der Waals surface area contributed by atoms with E-state index >= 15 is 0 Å². The third-order valence-corrected chi connectivity index (χ3v) is 3.31. The van der Waals surface area contributed by atoms with Gasteiger partial charge in [-0.3, -0.25) is 9.59 Å². The van der Waals surface area contributed by atoms with Crippen LogP contribution in [0.2, 0.25) is 10.0 Å². The maximum Gasteiger partial charge on any atom is 0.248 e. The summed E-state index contributed by atoms with van der Waals surface area (Å²) in [4.78, 5) is 23.1. The van der Waals surface area contributed by atoms with Crippen molar-refractivity contribution < 1.29 is 14.7 Å². The van der Waals surface area contributed by atoms with E-state index < -0.39 is 22.4 Å². The molecule has 0 aromatic heterocycles. The van der Waals surface area contributed by atoms with Gasteiger partial charge in [0.1, 0.15) is 10.8 Å². The minimum atomic E-state index is -1.03. The Hall–Kier alpha value is -1.23. The second-order valence-electron chi connectivity index (χ2n) is 3.32. The van der Waals surface area contributed by atoms with E-state index in [0.29, 0.717) is 0 Å². The molecule has 1 aromatic rings. The van der Waals surface area contributed by atoms with Crippen molar-refractivity contribution in [3.05, 3.63) is 32.3 Å². The summed E-state index contributed by atoms with van der Waals surface area (Å²) < 4.78 is 0. The van der Waals surface area contributed by atoms with E-state index in [-0.39, 0.29) is 26.9 Å². The van der Waals surface area contributed by atoms with Crippen LogP contribution in [0.4, 0.5) is 5.69 Å². The van der Waals surface area contributed by atoms with Gasteiger partial charge in [-0.05, 0) is 6.07 Å². The van der Waals surface area contributed by atoms with Crippen LogP contribution in [-0.2, 0) is 4.79 Å². The number of aliphatic hydroxyl groups is 1. The van der Waals surface area contributed by atoms with Crippen molar-refractivity contribution in [2.45, 2.75) is 0 Å². The Balaban J connectivity index is 2.95. The van der Waals surface area contributed by atoms with E-state index in [1.807, 2.05) is 0 Å². The molecule has 3 N–H and O–H groups in total. The minimum Gasteiger partial charge on any atom is -0.505 e. The van der Waals surface area contributed by atoms with Gasteiger partial charge in [-0.2, -0.15) is 0 Å². The third-order valence-electron chi connectivity index (χ3n) is 2.35. The summed E-state index contributed by atoms with van der Waals surface area (Å²) in [5, 5.41) is 9.14. The first-order valence-corrected chi connectivity index (χ1v) is 5.45. The number of nitrogens with two attached hydrogens (primary N) is 1. The fraction of sp³-hybridized carbons (Fsp3) is 0. The van der Waals surface area contributed by atoms with E-state index in [9.17, 15) is 14.7 Å². The highest BCUT2D eigenvalue weighted by molar-refractivity contribution is 6.65. The highest BCUT2D eigenvalue weighted by atomic mass is 35.5.